The lowest BCUT2D eigenvalue weighted by molar-refractivity contribution is -0.164. The molecule has 2 atom stereocenters. The number of carbonyl (C=O) groups excluding carboxylic acids is 1. The van der Waals surface area contributed by atoms with Crippen LogP contribution in [0, 0.1) is 0 Å². The van der Waals surface area contributed by atoms with Crippen LogP contribution in [0.2, 0.25) is 0 Å². The molecule has 5 heteroatoms. The molecule has 5 nitrogen and oxygen atoms in total. The Bertz CT molecular complexity index is 517. The molecule has 0 N–H and O–H groups in total. The number of hydrogen-bond donors (Lipinski definition) is 0. The van der Waals surface area contributed by atoms with E-state index in [2.05, 4.69) is 17.0 Å². The Kier molecular flexibility index (Phi) is 6.24. The molecule has 24 heavy (non-hydrogen) atoms. The highest BCUT2D eigenvalue weighted by Crippen LogP contribution is 2.19. The third-order valence-electron chi connectivity index (χ3n) is 4.90. The van der Waals surface area contributed by atoms with Crippen LogP contribution in [0.1, 0.15) is 31.2 Å². The van der Waals surface area contributed by atoms with Crippen molar-refractivity contribution in [2.75, 3.05) is 33.4 Å². The van der Waals surface area contributed by atoms with Crippen LogP contribution in [0.3, 0.4) is 0 Å². The SMILES string of the molecule is CN(CCO[C@H]1CCCCO1)[C@@H]1CCN(Cc2ccccc2)C1=O. The van der Waals surface area contributed by atoms with Crippen molar-refractivity contribution in [3.8, 4) is 0 Å². The summed E-state index contributed by atoms with van der Waals surface area (Å²) in [4.78, 5) is 16.7. The summed E-state index contributed by atoms with van der Waals surface area (Å²) in [6.45, 7) is 3.71. The molecular formula is C19H28N2O3. The van der Waals surface area contributed by atoms with E-state index in [-0.39, 0.29) is 18.2 Å². The number of rotatable bonds is 7. The van der Waals surface area contributed by atoms with Crippen LogP contribution in [0.25, 0.3) is 0 Å². The number of likely N-dealkylation sites (tertiary alicyclic amines) is 1. The van der Waals surface area contributed by atoms with Crippen molar-refractivity contribution >= 4 is 5.91 Å². The van der Waals surface area contributed by atoms with Crippen LogP contribution in [0.5, 0.6) is 0 Å². The van der Waals surface area contributed by atoms with E-state index in [4.69, 9.17) is 9.47 Å². The molecule has 2 aliphatic rings. The van der Waals surface area contributed by atoms with Gasteiger partial charge in [0.05, 0.1) is 12.6 Å². The first-order valence-corrected chi connectivity index (χ1v) is 9.00. The third-order valence-corrected chi connectivity index (χ3v) is 4.90. The molecule has 2 saturated heterocycles. The van der Waals surface area contributed by atoms with Gasteiger partial charge in [-0.05, 0) is 38.3 Å². The highest BCUT2D eigenvalue weighted by atomic mass is 16.7. The smallest absolute Gasteiger partial charge is 0.240 e. The second-order valence-corrected chi connectivity index (χ2v) is 6.70. The molecule has 0 aliphatic carbocycles. The van der Waals surface area contributed by atoms with Crippen LogP contribution in [-0.4, -0.2) is 61.4 Å². The monoisotopic (exact) mass is 332 g/mol. The Morgan fingerprint density at radius 1 is 1.25 bits per heavy atom. The molecule has 0 radical (unpaired) electrons. The molecule has 2 fully saturated rings. The summed E-state index contributed by atoms with van der Waals surface area (Å²) in [5.41, 5.74) is 1.19. The van der Waals surface area contributed by atoms with E-state index in [0.29, 0.717) is 13.2 Å². The van der Waals surface area contributed by atoms with E-state index in [1.807, 2.05) is 30.1 Å². The van der Waals surface area contributed by atoms with E-state index in [9.17, 15) is 4.79 Å². The van der Waals surface area contributed by atoms with Crippen molar-refractivity contribution in [3.63, 3.8) is 0 Å². The molecule has 0 saturated carbocycles. The van der Waals surface area contributed by atoms with Gasteiger partial charge in [0.2, 0.25) is 5.91 Å². The molecule has 132 valence electrons. The van der Waals surface area contributed by atoms with E-state index < -0.39 is 0 Å². The van der Waals surface area contributed by atoms with Crippen LogP contribution < -0.4 is 0 Å². The Morgan fingerprint density at radius 2 is 2.08 bits per heavy atom. The number of benzene rings is 1. The van der Waals surface area contributed by atoms with Crippen LogP contribution in [0.15, 0.2) is 30.3 Å². The maximum Gasteiger partial charge on any atom is 0.240 e. The van der Waals surface area contributed by atoms with Crippen molar-refractivity contribution < 1.29 is 14.3 Å². The zero-order valence-electron chi connectivity index (χ0n) is 14.5. The second-order valence-electron chi connectivity index (χ2n) is 6.70. The van der Waals surface area contributed by atoms with Crippen LogP contribution >= 0.6 is 0 Å². The van der Waals surface area contributed by atoms with Gasteiger partial charge in [-0.15, -0.1) is 0 Å². The average molecular weight is 332 g/mol. The third kappa shape index (κ3) is 4.56. The predicted molar refractivity (Wildman–Crippen MR) is 92.4 cm³/mol. The molecule has 3 rings (SSSR count). The average Bonchev–Trinajstić information content (AvgIpc) is 2.97. The summed E-state index contributed by atoms with van der Waals surface area (Å²) in [5.74, 6) is 0.232. The lowest BCUT2D eigenvalue weighted by Crippen LogP contribution is -2.41. The van der Waals surface area contributed by atoms with E-state index >= 15 is 0 Å². The molecule has 1 aromatic rings. The first-order chi connectivity index (χ1) is 11.7. The zero-order chi connectivity index (χ0) is 16.8. The maximum atomic E-state index is 12.6. The quantitative estimate of drug-likeness (QED) is 0.768. The molecule has 0 aromatic heterocycles. The molecule has 2 aliphatic heterocycles. The number of likely N-dealkylation sites (N-methyl/N-ethyl adjacent to an activating group) is 1. The van der Waals surface area contributed by atoms with Gasteiger partial charge in [-0.3, -0.25) is 9.69 Å². The zero-order valence-corrected chi connectivity index (χ0v) is 14.5. The summed E-state index contributed by atoms with van der Waals surface area (Å²) in [7, 11) is 2.01. The number of ether oxygens (including phenoxy) is 2. The van der Waals surface area contributed by atoms with Gasteiger partial charge in [0, 0.05) is 26.2 Å². The first-order valence-electron chi connectivity index (χ1n) is 9.00. The molecule has 1 aromatic carbocycles. The maximum absolute atomic E-state index is 12.6. The van der Waals surface area contributed by atoms with Crippen LogP contribution in [0.4, 0.5) is 0 Å². The van der Waals surface area contributed by atoms with Gasteiger partial charge in [0.1, 0.15) is 0 Å². The van der Waals surface area contributed by atoms with Gasteiger partial charge < -0.3 is 14.4 Å². The summed E-state index contributed by atoms with van der Waals surface area (Å²) < 4.78 is 11.4. The minimum Gasteiger partial charge on any atom is -0.353 e. The fourth-order valence-corrected chi connectivity index (χ4v) is 3.42. The molecule has 0 spiro atoms. The molecule has 0 bridgehead atoms. The highest BCUT2D eigenvalue weighted by Gasteiger charge is 2.34. The lowest BCUT2D eigenvalue weighted by atomic mass is 10.2. The summed E-state index contributed by atoms with van der Waals surface area (Å²) >= 11 is 0. The second kappa shape index (κ2) is 8.60. The van der Waals surface area contributed by atoms with E-state index in [0.717, 1.165) is 39.0 Å². The van der Waals surface area contributed by atoms with E-state index in [1.165, 1.54) is 12.0 Å². The predicted octanol–water partition coefficient (Wildman–Crippen LogP) is 2.26. The topological polar surface area (TPSA) is 42.0 Å². The largest absolute Gasteiger partial charge is 0.353 e. The van der Waals surface area contributed by atoms with Gasteiger partial charge in [0.15, 0.2) is 6.29 Å². The van der Waals surface area contributed by atoms with Gasteiger partial charge in [-0.25, -0.2) is 0 Å². The Morgan fingerprint density at radius 3 is 2.83 bits per heavy atom. The number of amides is 1. The Balaban J connectivity index is 1.42. The summed E-state index contributed by atoms with van der Waals surface area (Å²) in [5, 5.41) is 0. The summed E-state index contributed by atoms with van der Waals surface area (Å²) in [6, 6.07) is 10.2. The molecule has 1 amide bonds. The minimum absolute atomic E-state index is 0.0235. The van der Waals surface area contributed by atoms with E-state index in [1.54, 1.807) is 0 Å². The number of hydrogen-bond acceptors (Lipinski definition) is 4. The fourth-order valence-electron chi connectivity index (χ4n) is 3.42. The van der Waals surface area contributed by atoms with Gasteiger partial charge in [0.25, 0.3) is 0 Å². The lowest BCUT2D eigenvalue weighted by Gasteiger charge is -2.26. The van der Waals surface area contributed by atoms with Gasteiger partial charge >= 0.3 is 0 Å². The Hall–Kier alpha value is -1.43. The number of nitrogens with zero attached hydrogens (tertiary/aromatic N) is 2. The standard InChI is InChI=1S/C19H28N2O3/c1-20(12-14-24-18-9-5-6-13-23-18)17-10-11-21(19(17)22)15-16-7-3-2-4-8-16/h2-4,7-8,17-18H,5-6,9-15H2,1H3/t17-,18+/m1/s1. The molecule has 2 heterocycles. The number of carbonyl (C=O) groups is 1. The van der Waals surface area contributed by atoms with Gasteiger partial charge in [-0.2, -0.15) is 0 Å². The van der Waals surface area contributed by atoms with Crippen molar-refractivity contribution in [2.24, 2.45) is 0 Å². The minimum atomic E-state index is -0.0546. The van der Waals surface area contributed by atoms with Crippen molar-refractivity contribution in [2.45, 2.75) is 44.6 Å². The Labute approximate surface area is 144 Å². The van der Waals surface area contributed by atoms with Crippen molar-refractivity contribution in [3.05, 3.63) is 35.9 Å². The summed E-state index contributed by atoms with van der Waals surface area (Å²) in [6.07, 6.45) is 4.13. The highest BCUT2D eigenvalue weighted by molar-refractivity contribution is 5.83. The fraction of sp³-hybridized carbons (Fsp3) is 0.632. The van der Waals surface area contributed by atoms with Crippen molar-refractivity contribution in [1.82, 2.24) is 9.80 Å². The van der Waals surface area contributed by atoms with Crippen molar-refractivity contribution in [1.29, 1.82) is 0 Å². The van der Waals surface area contributed by atoms with Crippen LogP contribution in [-0.2, 0) is 20.8 Å². The normalized spacial score (nSPS) is 24.8. The molecular weight excluding hydrogens is 304 g/mol. The van der Waals surface area contributed by atoms with Gasteiger partial charge in [-0.1, -0.05) is 30.3 Å². The first kappa shape index (κ1) is 17.4. The molecule has 0 unspecified atom stereocenters.